The Morgan fingerprint density at radius 1 is 1.05 bits per heavy atom. The van der Waals surface area contributed by atoms with Gasteiger partial charge >= 0.3 is 0 Å². The Bertz CT molecular complexity index is 726. The van der Waals surface area contributed by atoms with Crippen LogP contribution in [0.5, 0.6) is 0 Å². The minimum absolute atomic E-state index is 0.0299. The van der Waals surface area contributed by atoms with Gasteiger partial charge in [0.1, 0.15) is 0 Å². The van der Waals surface area contributed by atoms with Crippen LogP contribution in [0.3, 0.4) is 0 Å². The molecule has 0 heterocycles. The molecule has 0 amide bonds. The van der Waals surface area contributed by atoms with Crippen LogP contribution >= 0.6 is 23.2 Å². The van der Waals surface area contributed by atoms with Crippen LogP contribution in [0, 0.1) is 0 Å². The van der Waals surface area contributed by atoms with Crippen LogP contribution < -0.4 is 10.5 Å². The predicted molar refractivity (Wildman–Crippen MR) is 86.1 cm³/mol. The van der Waals surface area contributed by atoms with Crippen LogP contribution in [0.25, 0.3) is 0 Å². The number of hydrogen-bond donors (Lipinski definition) is 2. The topological polar surface area (TPSA) is 72.2 Å². The third-order valence-electron chi connectivity index (χ3n) is 2.91. The van der Waals surface area contributed by atoms with Gasteiger partial charge in [-0.3, -0.25) is 0 Å². The summed E-state index contributed by atoms with van der Waals surface area (Å²) in [7, 11) is -3.71. The Labute approximate surface area is 133 Å². The number of nitrogens with two attached hydrogens (primary N) is 1. The van der Waals surface area contributed by atoms with E-state index < -0.39 is 16.1 Å². The molecular weight excluding hydrogens is 331 g/mol. The van der Waals surface area contributed by atoms with Gasteiger partial charge in [0, 0.05) is 21.8 Å². The first-order valence-corrected chi connectivity index (χ1v) is 8.36. The van der Waals surface area contributed by atoms with Crippen molar-refractivity contribution in [3.8, 4) is 0 Å². The van der Waals surface area contributed by atoms with Gasteiger partial charge in [-0.15, -0.1) is 0 Å². The molecule has 1 unspecified atom stereocenters. The van der Waals surface area contributed by atoms with Gasteiger partial charge in [0.2, 0.25) is 10.0 Å². The normalized spacial score (nSPS) is 13.1. The van der Waals surface area contributed by atoms with Gasteiger partial charge in [-0.25, -0.2) is 13.1 Å². The summed E-state index contributed by atoms with van der Waals surface area (Å²) in [6.45, 7) is 1.75. The molecule has 2 aromatic rings. The first-order chi connectivity index (χ1) is 9.78. The number of benzene rings is 2. The molecule has 0 aliphatic rings. The molecule has 0 saturated carbocycles. The van der Waals surface area contributed by atoms with E-state index in [4.69, 9.17) is 28.9 Å². The number of hydrogen-bond acceptors (Lipinski definition) is 3. The molecular formula is C14H14Cl2N2O2S. The van der Waals surface area contributed by atoms with E-state index in [1.54, 1.807) is 31.2 Å². The van der Waals surface area contributed by atoms with E-state index in [0.717, 1.165) is 5.56 Å². The van der Waals surface area contributed by atoms with Crippen molar-refractivity contribution in [2.75, 3.05) is 5.73 Å². The van der Waals surface area contributed by atoms with Crippen LogP contribution in [0.4, 0.5) is 5.69 Å². The van der Waals surface area contributed by atoms with E-state index in [1.165, 1.54) is 18.2 Å². The molecule has 1 atom stereocenters. The molecule has 4 nitrogen and oxygen atoms in total. The Hall–Kier alpha value is -1.27. The number of nitrogens with one attached hydrogen (secondary N) is 1. The summed E-state index contributed by atoms with van der Waals surface area (Å²) in [4.78, 5) is 0.0299. The maximum atomic E-state index is 12.3. The Balaban J connectivity index is 2.26. The van der Waals surface area contributed by atoms with Gasteiger partial charge in [-0.1, -0.05) is 35.3 Å². The lowest BCUT2D eigenvalue weighted by atomic mass is 10.1. The third kappa shape index (κ3) is 4.11. The summed E-state index contributed by atoms with van der Waals surface area (Å²) in [5.41, 5.74) is 7.04. The fourth-order valence-electron chi connectivity index (χ4n) is 1.84. The summed E-state index contributed by atoms with van der Waals surface area (Å²) in [6.07, 6.45) is 0. The molecule has 0 aliphatic carbocycles. The molecule has 7 heteroatoms. The molecule has 0 radical (unpaired) electrons. The van der Waals surface area contributed by atoms with Crippen LogP contribution in [-0.4, -0.2) is 8.42 Å². The van der Waals surface area contributed by atoms with E-state index in [1.807, 2.05) is 0 Å². The average Bonchev–Trinajstić information content (AvgIpc) is 2.37. The first kappa shape index (κ1) is 16.1. The maximum absolute atomic E-state index is 12.3. The number of nitrogen functional groups attached to an aromatic ring is 1. The van der Waals surface area contributed by atoms with E-state index in [-0.39, 0.29) is 14.9 Å². The molecule has 3 N–H and O–H groups in total. The summed E-state index contributed by atoms with van der Waals surface area (Å²) < 4.78 is 27.2. The summed E-state index contributed by atoms with van der Waals surface area (Å²) in [5.74, 6) is 0. The second kappa shape index (κ2) is 6.23. The molecule has 0 spiro atoms. The minimum Gasteiger partial charge on any atom is -0.399 e. The van der Waals surface area contributed by atoms with E-state index in [0.29, 0.717) is 5.69 Å². The zero-order valence-electron chi connectivity index (χ0n) is 11.2. The van der Waals surface area contributed by atoms with E-state index >= 15 is 0 Å². The van der Waals surface area contributed by atoms with Gasteiger partial charge in [0.25, 0.3) is 0 Å². The number of halogens is 2. The van der Waals surface area contributed by atoms with Gasteiger partial charge in [-0.2, -0.15) is 0 Å². The minimum atomic E-state index is -3.71. The Morgan fingerprint density at radius 2 is 1.57 bits per heavy atom. The molecule has 112 valence electrons. The van der Waals surface area contributed by atoms with Crippen molar-refractivity contribution in [1.29, 1.82) is 0 Å². The molecule has 0 aliphatic heterocycles. The van der Waals surface area contributed by atoms with Crippen LogP contribution in [0.2, 0.25) is 10.0 Å². The zero-order valence-corrected chi connectivity index (χ0v) is 13.5. The first-order valence-electron chi connectivity index (χ1n) is 6.12. The van der Waals surface area contributed by atoms with Crippen molar-refractivity contribution in [3.63, 3.8) is 0 Å². The van der Waals surface area contributed by atoms with Crippen molar-refractivity contribution in [3.05, 3.63) is 58.1 Å². The Morgan fingerprint density at radius 3 is 2.10 bits per heavy atom. The van der Waals surface area contributed by atoms with Crippen molar-refractivity contribution in [2.45, 2.75) is 17.9 Å². The van der Waals surface area contributed by atoms with Crippen molar-refractivity contribution >= 4 is 38.9 Å². The Kier molecular flexibility index (Phi) is 4.78. The monoisotopic (exact) mass is 344 g/mol. The van der Waals surface area contributed by atoms with E-state index in [9.17, 15) is 8.42 Å². The molecule has 2 rings (SSSR count). The van der Waals surface area contributed by atoms with Crippen LogP contribution in [0.1, 0.15) is 18.5 Å². The lowest BCUT2D eigenvalue weighted by molar-refractivity contribution is 0.567. The van der Waals surface area contributed by atoms with Crippen molar-refractivity contribution in [2.24, 2.45) is 0 Å². The predicted octanol–water partition coefficient (Wildman–Crippen LogP) is 3.62. The number of rotatable bonds is 4. The number of anilines is 1. The fraction of sp³-hybridized carbons (Fsp3) is 0.143. The van der Waals surface area contributed by atoms with Gasteiger partial charge in [-0.05, 0) is 42.8 Å². The SMILES string of the molecule is CC(NS(=O)(=O)c1cc(Cl)cc(Cl)c1)c1ccc(N)cc1. The van der Waals surface area contributed by atoms with E-state index in [2.05, 4.69) is 4.72 Å². The molecule has 0 aromatic heterocycles. The lowest BCUT2D eigenvalue weighted by Crippen LogP contribution is -2.26. The quantitative estimate of drug-likeness (QED) is 0.832. The maximum Gasteiger partial charge on any atom is 0.241 e. The van der Waals surface area contributed by atoms with Crippen molar-refractivity contribution < 1.29 is 8.42 Å². The van der Waals surface area contributed by atoms with Crippen molar-refractivity contribution in [1.82, 2.24) is 4.72 Å². The second-order valence-corrected chi connectivity index (χ2v) is 7.20. The zero-order chi connectivity index (χ0) is 15.6. The van der Waals surface area contributed by atoms with Crippen LogP contribution in [0.15, 0.2) is 47.4 Å². The highest BCUT2D eigenvalue weighted by atomic mass is 35.5. The molecule has 21 heavy (non-hydrogen) atoms. The molecule has 0 bridgehead atoms. The highest BCUT2D eigenvalue weighted by Gasteiger charge is 2.19. The third-order valence-corrected chi connectivity index (χ3v) is 4.87. The average molecular weight is 345 g/mol. The standard InChI is InChI=1S/C14H14Cl2N2O2S/c1-9(10-2-4-13(17)5-3-10)18-21(19,20)14-7-11(15)6-12(16)8-14/h2-9,18H,17H2,1H3. The number of sulfonamides is 1. The van der Waals surface area contributed by atoms with Crippen LogP contribution in [-0.2, 0) is 10.0 Å². The molecule has 0 saturated heterocycles. The highest BCUT2D eigenvalue weighted by molar-refractivity contribution is 7.89. The summed E-state index contributed by atoms with van der Waals surface area (Å²) in [5, 5.41) is 0.533. The second-order valence-electron chi connectivity index (χ2n) is 4.61. The van der Waals surface area contributed by atoms with Gasteiger partial charge < -0.3 is 5.73 Å². The van der Waals surface area contributed by atoms with Gasteiger partial charge in [0.05, 0.1) is 4.90 Å². The van der Waals surface area contributed by atoms with Gasteiger partial charge in [0.15, 0.2) is 0 Å². The largest absolute Gasteiger partial charge is 0.399 e. The fourth-order valence-corrected chi connectivity index (χ4v) is 3.79. The lowest BCUT2D eigenvalue weighted by Gasteiger charge is -2.15. The molecule has 2 aromatic carbocycles. The summed E-state index contributed by atoms with van der Waals surface area (Å²) >= 11 is 11.7. The highest BCUT2D eigenvalue weighted by Crippen LogP contribution is 2.24. The smallest absolute Gasteiger partial charge is 0.241 e. The summed E-state index contributed by atoms with van der Waals surface area (Å²) in [6, 6.07) is 10.8. The molecule has 0 fully saturated rings.